The number of anilines is 2. The second-order valence-corrected chi connectivity index (χ2v) is 8.12. The van der Waals surface area contributed by atoms with Gasteiger partial charge < -0.3 is 14.8 Å². The molecule has 2 unspecified atom stereocenters. The molecule has 2 aromatic heterocycles. The third-order valence-corrected chi connectivity index (χ3v) is 6.30. The van der Waals surface area contributed by atoms with Crippen molar-refractivity contribution in [3.8, 4) is 0 Å². The minimum absolute atomic E-state index is 0.0489. The van der Waals surface area contributed by atoms with Gasteiger partial charge in [0.05, 0.1) is 17.7 Å². The number of fused-ring (bicyclic) bond motifs is 2. The van der Waals surface area contributed by atoms with E-state index in [1.165, 1.54) is 10.8 Å². The Bertz CT molecular complexity index is 1360. The fourth-order valence-electron chi connectivity index (χ4n) is 4.80. The zero-order valence-electron chi connectivity index (χ0n) is 17.3. The first-order valence-electron chi connectivity index (χ1n) is 10.7. The minimum Gasteiger partial charge on any atom is -0.348 e. The fraction of sp³-hybridized carbons (Fsp3) is 0.250. The van der Waals surface area contributed by atoms with Gasteiger partial charge in [0.1, 0.15) is 18.0 Å². The summed E-state index contributed by atoms with van der Waals surface area (Å²) in [4.78, 5) is 26.4. The number of aryl methyl sites for hydroxylation is 1. The number of benzene rings is 2. The van der Waals surface area contributed by atoms with Crippen LogP contribution < -0.4 is 20.4 Å². The first-order chi connectivity index (χ1) is 15.3. The van der Waals surface area contributed by atoms with Crippen LogP contribution in [0.15, 0.2) is 66.2 Å². The summed E-state index contributed by atoms with van der Waals surface area (Å²) in [6.07, 6.45) is 7.64. The van der Waals surface area contributed by atoms with Crippen LogP contribution in [0.4, 0.5) is 11.5 Å². The second kappa shape index (κ2) is 7.19. The summed E-state index contributed by atoms with van der Waals surface area (Å²) in [6, 6.07) is 17.1. The van der Waals surface area contributed by atoms with Crippen molar-refractivity contribution in [1.29, 1.82) is 0 Å². The monoisotopic (exact) mass is 409 g/mol. The second-order valence-electron chi connectivity index (χ2n) is 8.12. The van der Waals surface area contributed by atoms with Crippen LogP contribution >= 0.6 is 0 Å². The van der Waals surface area contributed by atoms with Gasteiger partial charge in [0.2, 0.25) is 0 Å². The van der Waals surface area contributed by atoms with Gasteiger partial charge in [0, 0.05) is 23.7 Å². The number of aromatic nitrogens is 4. The van der Waals surface area contributed by atoms with E-state index < -0.39 is 0 Å². The predicted octanol–water partition coefficient (Wildman–Crippen LogP) is 2.53. The van der Waals surface area contributed by atoms with Gasteiger partial charge in [0.15, 0.2) is 11.5 Å². The molecule has 1 N–H and O–H groups in total. The Morgan fingerprint density at radius 1 is 1.00 bits per heavy atom. The Morgan fingerprint density at radius 3 is 2.81 bits per heavy atom. The van der Waals surface area contributed by atoms with Crippen molar-refractivity contribution in [3.05, 3.63) is 77.3 Å². The van der Waals surface area contributed by atoms with Crippen molar-refractivity contribution in [1.82, 2.24) is 19.9 Å². The minimum atomic E-state index is -0.0489. The maximum absolute atomic E-state index is 5.27. The SMILES string of the molecule is Cc1cccc2c1=CN(c1ccccc1)C(C1CCCN1c1ncnc3nc[nH]c13)N=2. The maximum atomic E-state index is 5.27. The Balaban J connectivity index is 1.50. The van der Waals surface area contributed by atoms with Crippen LogP contribution in [0.5, 0.6) is 0 Å². The lowest BCUT2D eigenvalue weighted by Gasteiger charge is -2.38. The van der Waals surface area contributed by atoms with E-state index in [0.29, 0.717) is 5.65 Å². The van der Waals surface area contributed by atoms with Crippen LogP contribution in [-0.4, -0.2) is 38.7 Å². The highest BCUT2D eigenvalue weighted by atomic mass is 15.3. The fourth-order valence-corrected chi connectivity index (χ4v) is 4.80. The molecule has 0 aliphatic carbocycles. The molecule has 2 aromatic carbocycles. The Kier molecular flexibility index (Phi) is 4.19. The largest absolute Gasteiger partial charge is 0.348 e. The number of para-hydroxylation sites is 1. The van der Waals surface area contributed by atoms with Crippen molar-refractivity contribution < 1.29 is 0 Å². The number of hydrogen-bond donors (Lipinski definition) is 1. The first kappa shape index (κ1) is 18.1. The summed E-state index contributed by atoms with van der Waals surface area (Å²) in [6.45, 7) is 3.08. The van der Waals surface area contributed by atoms with E-state index in [9.17, 15) is 0 Å². The first-order valence-corrected chi connectivity index (χ1v) is 10.7. The highest BCUT2D eigenvalue weighted by Gasteiger charge is 2.37. The van der Waals surface area contributed by atoms with Gasteiger partial charge in [-0.1, -0.05) is 30.3 Å². The quantitative estimate of drug-likeness (QED) is 0.563. The number of nitrogens with zero attached hydrogens (tertiary/aromatic N) is 6. The molecular weight excluding hydrogens is 386 g/mol. The summed E-state index contributed by atoms with van der Waals surface area (Å²) in [7, 11) is 0. The van der Waals surface area contributed by atoms with Crippen molar-refractivity contribution in [2.75, 3.05) is 16.3 Å². The molecule has 6 rings (SSSR count). The lowest BCUT2D eigenvalue weighted by Crippen LogP contribution is -2.52. The van der Waals surface area contributed by atoms with Crippen molar-refractivity contribution in [3.63, 3.8) is 0 Å². The number of aromatic amines is 1. The molecule has 31 heavy (non-hydrogen) atoms. The van der Waals surface area contributed by atoms with E-state index in [2.05, 4.69) is 91.4 Å². The molecule has 1 saturated heterocycles. The normalized spacial score (nSPS) is 20.4. The summed E-state index contributed by atoms with van der Waals surface area (Å²) >= 11 is 0. The number of hydrogen-bond acceptors (Lipinski definition) is 6. The molecule has 154 valence electrons. The molecule has 1 fully saturated rings. The van der Waals surface area contributed by atoms with E-state index in [0.717, 1.165) is 41.8 Å². The molecule has 4 heterocycles. The molecule has 0 spiro atoms. The van der Waals surface area contributed by atoms with Gasteiger partial charge >= 0.3 is 0 Å². The number of nitrogens with one attached hydrogen (secondary N) is 1. The molecule has 2 aliphatic heterocycles. The summed E-state index contributed by atoms with van der Waals surface area (Å²) < 4.78 is 0. The lowest BCUT2D eigenvalue weighted by molar-refractivity contribution is 0.519. The topological polar surface area (TPSA) is 73.3 Å². The lowest BCUT2D eigenvalue weighted by atomic mass is 10.1. The third-order valence-electron chi connectivity index (χ3n) is 6.30. The maximum Gasteiger partial charge on any atom is 0.182 e. The zero-order chi connectivity index (χ0) is 20.8. The molecule has 7 heteroatoms. The zero-order valence-corrected chi connectivity index (χ0v) is 17.3. The van der Waals surface area contributed by atoms with Gasteiger partial charge in [-0.25, -0.2) is 15.0 Å². The van der Waals surface area contributed by atoms with Gasteiger partial charge in [-0.3, -0.25) is 4.99 Å². The third kappa shape index (κ3) is 2.96. The Hall–Kier alpha value is -3.74. The van der Waals surface area contributed by atoms with Crippen LogP contribution in [-0.2, 0) is 0 Å². The van der Waals surface area contributed by atoms with Crippen LogP contribution in [0.3, 0.4) is 0 Å². The highest BCUT2D eigenvalue weighted by molar-refractivity contribution is 5.83. The van der Waals surface area contributed by atoms with E-state index in [-0.39, 0.29) is 12.2 Å². The number of imidazole rings is 1. The average Bonchev–Trinajstić information content (AvgIpc) is 3.49. The van der Waals surface area contributed by atoms with Gasteiger partial charge in [-0.2, -0.15) is 0 Å². The standard InChI is InChI=1S/C24H23N7/c1-16-7-5-10-19-18(16)13-31(17-8-3-2-4-9-17)23(29-19)20-11-6-12-30(20)24-21-22(26-14-25-21)27-15-28-24/h2-5,7-10,13-15,20,23H,6,11-12H2,1H3,(H,25,26,27,28). The van der Waals surface area contributed by atoms with Crippen molar-refractivity contribution in [2.45, 2.75) is 32.0 Å². The van der Waals surface area contributed by atoms with Gasteiger partial charge in [-0.05, 0) is 43.5 Å². The smallest absolute Gasteiger partial charge is 0.182 e. The van der Waals surface area contributed by atoms with Gasteiger partial charge in [0.25, 0.3) is 0 Å². The van der Waals surface area contributed by atoms with E-state index in [1.807, 2.05) is 0 Å². The molecule has 4 aromatic rings. The molecule has 0 saturated carbocycles. The summed E-state index contributed by atoms with van der Waals surface area (Å²) in [5.74, 6) is 0.906. The average molecular weight is 409 g/mol. The molecule has 0 amide bonds. The van der Waals surface area contributed by atoms with Crippen LogP contribution in [0.2, 0.25) is 0 Å². The van der Waals surface area contributed by atoms with Crippen LogP contribution in [0.1, 0.15) is 18.4 Å². The van der Waals surface area contributed by atoms with Crippen molar-refractivity contribution >= 4 is 28.9 Å². The Labute approximate surface area is 179 Å². The van der Waals surface area contributed by atoms with Crippen LogP contribution in [0, 0.1) is 6.92 Å². The van der Waals surface area contributed by atoms with E-state index >= 15 is 0 Å². The molecular formula is C24H23N7. The highest BCUT2D eigenvalue weighted by Crippen LogP contribution is 2.33. The Morgan fingerprint density at radius 2 is 1.90 bits per heavy atom. The van der Waals surface area contributed by atoms with Crippen LogP contribution in [0.25, 0.3) is 17.4 Å². The molecule has 0 bridgehead atoms. The molecule has 2 atom stereocenters. The molecule has 7 nitrogen and oxygen atoms in total. The van der Waals surface area contributed by atoms with Gasteiger partial charge in [-0.15, -0.1) is 0 Å². The number of rotatable bonds is 3. The number of H-pyrrole nitrogens is 1. The van der Waals surface area contributed by atoms with Crippen molar-refractivity contribution in [2.24, 2.45) is 4.99 Å². The predicted molar refractivity (Wildman–Crippen MR) is 121 cm³/mol. The summed E-state index contributed by atoms with van der Waals surface area (Å²) in [5, 5.41) is 2.24. The van der Waals surface area contributed by atoms with E-state index in [4.69, 9.17) is 4.99 Å². The molecule has 2 aliphatic rings. The summed E-state index contributed by atoms with van der Waals surface area (Å²) in [5.41, 5.74) is 3.96. The molecule has 0 radical (unpaired) electrons. The van der Waals surface area contributed by atoms with E-state index in [1.54, 1.807) is 12.7 Å².